The van der Waals surface area contributed by atoms with E-state index in [0.29, 0.717) is 35.4 Å². The van der Waals surface area contributed by atoms with Gasteiger partial charge in [0.1, 0.15) is 12.4 Å². The average Bonchev–Trinajstić information content (AvgIpc) is 2.68. The van der Waals surface area contributed by atoms with Crippen molar-refractivity contribution >= 4 is 28.9 Å². The first-order valence-electron chi connectivity index (χ1n) is 8.70. The lowest BCUT2D eigenvalue weighted by Gasteiger charge is -2.16. The van der Waals surface area contributed by atoms with E-state index in [9.17, 15) is 4.39 Å². The van der Waals surface area contributed by atoms with Crippen molar-refractivity contribution in [3.05, 3.63) is 87.2 Å². The van der Waals surface area contributed by atoms with E-state index in [1.807, 2.05) is 43.3 Å². The maximum atomic E-state index is 13.3. The molecule has 146 valence electrons. The number of rotatable bonds is 7. The second-order valence-electron chi connectivity index (χ2n) is 6.31. The minimum Gasteiger partial charge on any atom is -0.493 e. The first-order chi connectivity index (χ1) is 13.5. The molecule has 3 rings (SSSR count). The highest BCUT2D eigenvalue weighted by atomic mass is 35.5. The van der Waals surface area contributed by atoms with Gasteiger partial charge in [0.15, 0.2) is 11.5 Å². The molecule has 0 saturated heterocycles. The monoisotopic (exact) mass is 419 g/mol. The van der Waals surface area contributed by atoms with Crippen LogP contribution >= 0.6 is 23.2 Å². The van der Waals surface area contributed by atoms with Crippen LogP contribution in [0.25, 0.3) is 0 Å². The molecule has 0 heterocycles. The summed E-state index contributed by atoms with van der Waals surface area (Å²) in [5.74, 6) is 0.600. The molecule has 3 aromatic rings. The molecule has 0 radical (unpaired) electrons. The summed E-state index contributed by atoms with van der Waals surface area (Å²) in [6.07, 6.45) is 0. The number of ether oxygens (including phenoxy) is 2. The summed E-state index contributed by atoms with van der Waals surface area (Å²) in [6, 6.07) is 16.2. The Morgan fingerprint density at radius 1 is 1.00 bits per heavy atom. The van der Waals surface area contributed by atoms with Gasteiger partial charge in [-0.2, -0.15) is 0 Å². The third-order valence-electron chi connectivity index (χ3n) is 4.34. The number of hydrogen-bond acceptors (Lipinski definition) is 3. The van der Waals surface area contributed by atoms with Crippen molar-refractivity contribution in [2.45, 2.75) is 20.1 Å². The molecule has 0 atom stereocenters. The molecule has 6 heteroatoms. The van der Waals surface area contributed by atoms with E-state index in [2.05, 4.69) is 5.32 Å². The Balaban J connectivity index is 1.73. The molecule has 0 aliphatic rings. The summed E-state index contributed by atoms with van der Waals surface area (Å²) in [5.41, 5.74) is 3.84. The maximum absolute atomic E-state index is 13.3. The van der Waals surface area contributed by atoms with Crippen molar-refractivity contribution in [2.24, 2.45) is 0 Å². The Morgan fingerprint density at radius 3 is 2.50 bits per heavy atom. The predicted octanol–water partition coefficient (Wildman–Crippen LogP) is 6.64. The van der Waals surface area contributed by atoms with Crippen LogP contribution in [-0.2, 0) is 13.2 Å². The van der Waals surface area contributed by atoms with Crippen LogP contribution in [-0.4, -0.2) is 7.11 Å². The lowest BCUT2D eigenvalue weighted by Crippen LogP contribution is -2.03. The second kappa shape index (κ2) is 9.18. The molecule has 3 nitrogen and oxygen atoms in total. The molecule has 0 saturated carbocycles. The Kier molecular flexibility index (Phi) is 6.65. The highest BCUT2D eigenvalue weighted by Crippen LogP contribution is 2.37. The van der Waals surface area contributed by atoms with Crippen molar-refractivity contribution in [1.82, 2.24) is 0 Å². The standard InChI is InChI=1S/C22H20Cl2FNO2/c1-14-5-3-4-6-16(14)13-28-22-19(24)9-15(10-21(22)27-2)12-26-17-7-8-20(25)18(23)11-17/h3-11,26H,12-13H2,1-2H3. The Bertz CT molecular complexity index is 979. The van der Waals surface area contributed by atoms with Crippen LogP contribution in [0.5, 0.6) is 11.5 Å². The Labute approximate surface area is 174 Å². The summed E-state index contributed by atoms with van der Waals surface area (Å²) in [5, 5.41) is 3.72. The number of hydrogen-bond donors (Lipinski definition) is 1. The zero-order chi connectivity index (χ0) is 20.1. The molecule has 0 aliphatic carbocycles. The van der Waals surface area contributed by atoms with Crippen LogP contribution in [0, 0.1) is 12.7 Å². The minimum atomic E-state index is -0.452. The van der Waals surface area contributed by atoms with Crippen molar-refractivity contribution < 1.29 is 13.9 Å². The van der Waals surface area contributed by atoms with Gasteiger partial charge in [0.05, 0.1) is 17.2 Å². The summed E-state index contributed by atoms with van der Waals surface area (Å²) < 4.78 is 24.7. The summed E-state index contributed by atoms with van der Waals surface area (Å²) in [7, 11) is 1.57. The molecule has 0 aliphatic heterocycles. The topological polar surface area (TPSA) is 30.5 Å². The van der Waals surface area contributed by atoms with Gasteiger partial charge < -0.3 is 14.8 Å². The van der Waals surface area contributed by atoms with Crippen LogP contribution in [0.2, 0.25) is 10.0 Å². The maximum Gasteiger partial charge on any atom is 0.180 e. The number of anilines is 1. The molecule has 0 amide bonds. The van der Waals surface area contributed by atoms with Crippen LogP contribution in [0.4, 0.5) is 10.1 Å². The van der Waals surface area contributed by atoms with Crippen molar-refractivity contribution in [3.8, 4) is 11.5 Å². The third kappa shape index (κ3) is 4.89. The van der Waals surface area contributed by atoms with Gasteiger partial charge in [-0.1, -0.05) is 47.5 Å². The van der Waals surface area contributed by atoms with Gasteiger partial charge in [-0.15, -0.1) is 0 Å². The number of benzene rings is 3. The summed E-state index contributed by atoms with van der Waals surface area (Å²) in [4.78, 5) is 0. The van der Waals surface area contributed by atoms with Gasteiger partial charge in [-0.25, -0.2) is 4.39 Å². The van der Waals surface area contributed by atoms with Gasteiger partial charge in [0.25, 0.3) is 0 Å². The third-order valence-corrected chi connectivity index (χ3v) is 4.91. The predicted molar refractivity (Wildman–Crippen MR) is 112 cm³/mol. The van der Waals surface area contributed by atoms with Crippen molar-refractivity contribution in [1.29, 1.82) is 0 Å². The van der Waals surface area contributed by atoms with Crippen molar-refractivity contribution in [3.63, 3.8) is 0 Å². The van der Waals surface area contributed by atoms with Crippen LogP contribution in [0.15, 0.2) is 54.6 Å². The quantitative estimate of drug-likeness (QED) is 0.465. The zero-order valence-corrected chi connectivity index (χ0v) is 17.1. The molecule has 1 N–H and O–H groups in total. The van der Waals surface area contributed by atoms with Gasteiger partial charge in [0.2, 0.25) is 0 Å². The van der Waals surface area contributed by atoms with Gasteiger partial charge in [-0.3, -0.25) is 0 Å². The van der Waals surface area contributed by atoms with Gasteiger partial charge >= 0.3 is 0 Å². The molecule has 0 unspecified atom stereocenters. The van der Waals surface area contributed by atoms with E-state index < -0.39 is 5.82 Å². The van der Waals surface area contributed by atoms with E-state index in [0.717, 1.165) is 16.7 Å². The number of methoxy groups -OCH3 is 1. The fourth-order valence-corrected chi connectivity index (χ4v) is 3.22. The molecule has 28 heavy (non-hydrogen) atoms. The van der Waals surface area contributed by atoms with Gasteiger partial charge in [0, 0.05) is 12.2 Å². The summed E-state index contributed by atoms with van der Waals surface area (Å²) in [6.45, 7) is 2.90. The van der Waals surface area contributed by atoms with Crippen LogP contribution < -0.4 is 14.8 Å². The molecule has 0 bridgehead atoms. The number of nitrogens with one attached hydrogen (secondary N) is 1. The molecular formula is C22H20Cl2FNO2. The van der Waals surface area contributed by atoms with E-state index >= 15 is 0 Å². The molecule has 0 spiro atoms. The highest BCUT2D eigenvalue weighted by Gasteiger charge is 2.13. The first kappa shape index (κ1) is 20.3. The Hall–Kier alpha value is -2.43. The van der Waals surface area contributed by atoms with E-state index in [4.69, 9.17) is 32.7 Å². The first-order valence-corrected chi connectivity index (χ1v) is 9.46. The normalized spacial score (nSPS) is 10.6. The van der Waals surface area contributed by atoms with Gasteiger partial charge in [-0.05, 0) is 53.9 Å². The molecular weight excluding hydrogens is 400 g/mol. The highest BCUT2D eigenvalue weighted by molar-refractivity contribution is 6.32. The lowest BCUT2D eigenvalue weighted by atomic mass is 10.1. The number of halogens is 3. The zero-order valence-electron chi connectivity index (χ0n) is 15.6. The Morgan fingerprint density at radius 2 is 1.79 bits per heavy atom. The minimum absolute atomic E-state index is 0.0700. The van der Waals surface area contributed by atoms with Crippen LogP contribution in [0.1, 0.15) is 16.7 Å². The number of aryl methyl sites for hydroxylation is 1. The van der Waals surface area contributed by atoms with E-state index in [-0.39, 0.29) is 5.02 Å². The molecule has 0 aromatic heterocycles. The van der Waals surface area contributed by atoms with Crippen molar-refractivity contribution in [2.75, 3.05) is 12.4 Å². The SMILES string of the molecule is COc1cc(CNc2ccc(F)c(Cl)c2)cc(Cl)c1OCc1ccccc1C. The molecule has 0 fully saturated rings. The average molecular weight is 420 g/mol. The lowest BCUT2D eigenvalue weighted by molar-refractivity contribution is 0.284. The van der Waals surface area contributed by atoms with E-state index in [1.54, 1.807) is 13.2 Å². The molecule has 3 aromatic carbocycles. The van der Waals surface area contributed by atoms with Crippen LogP contribution in [0.3, 0.4) is 0 Å². The van der Waals surface area contributed by atoms with E-state index in [1.165, 1.54) is 12.1 Å². The summed E-state index contributed by atoms with van der Waals surface area (Å²) >= 11 is 12.3. The largest absolute Gasteiger partial charge is 0.493 e. The second-order valence-corrected chi connectivity index (χ2v) is 7.12. The fraction of sp³-hybridized carbons (Fsp3) is 0.182. The smallest absolute Gasteiger partial charge is 0.180 e. The fourth-order valence-electron chi connectivity index (χ4n) is 2.75.